The summed E-state index contributed by atoms with van der Waals surface area (Å²) in [5, 5.41) is 3.27. The highest BCUT2D eigenvalue weighted by molar-refractivity contribution is 5.89. The molecule has 0 aliphatic carbocycles. The van der Waals surface area contributed by atoms with Gasteiger partial charge in [-0.05, 0) is 38.8 Å². The molecule has 0 amide bonds. The maximum Gasteiger partial charge on any atom is 0.336 e. The minimum atomic E-state index is -0.227. The number of carbonyl (C=O) groups is 1. The standard InChI is InChI=1S/C12H21NO3/c1-3-15-9-11(12(14)16-4-2)10-6-5-7-13-8-10/h13H,3-9H2,1-2H3/b11-10-. The van der Waals surface area contributed by atoms with E-state index in [4.69, 9.17) is 9.47 Å². The second-order valence-corrected chi connectivity index (χ2v) is 3.72. The Kier molecular flexibility index (Phi) is 6.11. The fourth-order valence-electron chi connectivity index (χ4n) is 1.74. The van der Waals surface area contributed by atoms with Crippen molar-refractivity contribution < 1.29 is 14.3 Å². The molecule has 0 aromatic carbocycles. The lowest BCUT2D eigenvalue weighted by Crippen LogP contribution is -2.27. The van der Waals surface area contributed by atoms with Crippen molar-refractivity contribution in [3.05, 3.63) is 11.1 Å². The SMILES string of the molecule is CCOC/C(C(=O)OCC)=C1\CCCNC1. The van der Waals surface area contributed by atoms with Crippen LogP contribution in [0.25, 0.3) is 0 Å². The van der Waals surface area contributed by atoms with Crippen LogP contribution >= 0.6 is 0 Å². The maximum absolute atomic E-state index is 11.8. The molecule has 1 rings (SSSR count). The van der Waals surface area contributed by atoms with Gasteiger partial charge in [0.1, 0.15) is 0 Å². The molecule has 4 nitrogen and oxygen atoms in total. The molecule has 92 valence electrons. The molecule has 16 heavy (non-hydrogen) atoms. The van der Waals surface area contributed by atoms with Gasteiger partial charge in [0.15, 0.2) is 0 Å². The van der Waals surface area contributed by atoms with E-state index in [1.807, 2.05) is 13.8 Å². The van der Waals surface area contributed by atoms with Crippen LogP contribution in [0.1, 0.15) is 26.7 Å². The van der Waals surface area contributed by atoms with Crippen molar-refractivity contribution in [1.29, 1.82) is 0 Å². The molecule has 0 bridgehead atoms. The largest absolute Gasteiger partial charge is 0.463 e. The fourth-order valence-corrected chi connectivity index (χ4v) is 1.74. The molecule has 0 aromatic heterocycles. The summed E-state index contributed by atoms with van der Waals surface area (Å²) < 4.78 is 10.4. The summed E-state index contributed by atoms with van der Waals surface area (Å²) in [7, 11) is 0. The van der Waals surface area contributed by atoms with Gasteiger partial charge in [0, 0.05) is 13.2 Å². The van der Waals surface area contributed by atoms with Crippen molar-refractivity contribution in [3.8, 4) is 0 Å². The van der Waals surface area contributed by atoms with Crippen LogP contribution in [-0.2, 0) is 14.3 Å². The first-order chi connectivity index (χ1) is 7.79. The van der Waals surface area contributed by atoms with Gasteiger partial charge in [-0.25, -0.2) is 4.79 Å². The molecule has 0 atom stereocenters. The first kappa shape index (κ1) is 13.2. The monoisotopic (exact) mass is 227 g/mol. The number of hydrogen-bond donors (Lipinski definition) is 1. The van der Waals surface area contributed by atoms with Gasteiger partial charge in [0.05, 0.1) is 18.8 Å². The van der Waals surface area contributed by atoms with Crippen LogP contribution in [0.15, 0.2) is 11.1 Å². The molecule has 1 saturated heterocycles. The molecular weight excluding hydrogens is 206 g/mol. The number of rotatable bonds is 5. The van der Waals surface area contributed by atoms with Crippen LogP contribution in [0, 0.1) is 0 Å². The molecule has 0 spiro atoms. The number of nitrogens with one attached hydrogen (secondary N) is 1. The van der Waals surface area contributed by atoms with Crippen molar-refractivity contribution in [3.63, 3.8) is 0 Å². The Labute approximate surface area is 97.0 Å². The average molecular weight is 227 g/mol. The molecule has 1 fully saturated rings. The van der Waals surface area contributed by atoms with Crippen LogP contribution in [0.3, 0.4) is 0 Å². The minimum absolute atomic E-state index is 0.227. The van der Waals surface area contributed by atoms with E-state index >= 15 is 0 Å². The number of esters is 1. The normalized spacial score (nSPS) is 19.4. The Bertz CT molecular complexity index is 253. The fraction of sp³-hybridized carbons (Fsp3) is 0.750. The van der Waals surface area contributed by atoms with Crippen LogP contribution in [0.4, 0.5) is 0 Å². The first-order valence-corrected chi connectivity index (χ1v) is 5.96. The summed E-state index contributed by atoms with van der Waals surface area (Å²) in [5.41, 5.74) is 1.84. The highest BCUT2D eigenvalue weighted by atomic mass is 16.5. The highest BCUT2D eigenvalue weighted by Gasteiger charge is 2.18. The Balaban J connectivity index is 2.71. The van der Waals surface area contributed by atoms with Crippen LogP contribution < -0.4 is 5.32 Å². The minimum Gasteiger partial charge on any atom is -0.463 e. The van der Waals surface area contributed by atoms with Crippen molar-refractivity contribution in [2.24, 2.45) is 0 Å². The quantitative estimate of drug-likeness (QED) is 0.567. The third kappa shape index (κ3) is 3.94. The van der Waals surface area contributed by atoms with E-state index in [2.05, 4.69) is 5.32 Å². The van der Waals surface area contributed by atoms with Crippen molar-refractivity contribution in [2.75, 3.05) is 32.9 Å². The van der Waals surface area contributed by atoms with Crippen molar-refractivity contribution in [1.82, 2.24) is 5.32 Å². The molecule has 0 radical (unpaired) electrons. The summed E-state index contributed by atoms with van der Waals surface area (Å²) in [5.74, 6) is -0.227. The number of piperidine rings is 1. The number of carbonyl (C=O) groups excluding carboxylic acids is 1. The summed E-state index contributed by atoms with van der Waals surface area (Å²) >= 11 is 0. The van der Waals surface area contributed by atoms with Crippen LogP contribution in [0.2, 0.25) is 0 Å². The topological polar surface area (TPSA) is 47.6 Å². The smallest absolute Gasteiger partial charge is 0.336 e. The van der Waals surface area contributed by atoms with Gasteiger partial charge >= 0.3 is 5.97 Å². The highest BCUT2D eigenvalue weighted by Crippen LogP contribution is 2.16. The zero-order valence-electron chi connectivity index (χ0n) is 10.2. The van der Waals surface area contributed by atoms with Gasteiger partial charge in [0.2, 0.25) is 0 Å². The number of hydrogen-bond acceptors (Lipinski definition) is 4. The predicted molar refractivity (Wildman–Crippen MR) is 62.3 cm³/mol. The van der Waals surface area contributed by atoms with E-state index in [1.165, 1.54) is 0 Å². The van der Waals surface area contributed by atoms with Gasteiger partial charge in [0.25, 0.3) is 0 Å². The van der Waals surface area contributed by atoms with E-state index < -0.39 is 0 Å². The van der Waals surface area contributed by atoms with Gasteiger partial charge < -0.3 is 14.8 Å². The summed E-state index contributed by atoms with van der Waals surface area (Å²) in [4.78, 5) is 11.8. The third-order valence-electron chi connectivity index (χ3n) is 2.57. The third-order valence-corrected chi connectivity index (χ3v) is 2.57. The van der Waals surface area contributed by atoms with E-state index in [-0.39, 0.29) is 5.97 Å². The molecule has 1 heterocycles. The molecule has 1 N–H and O–H groups in total. The Morgan fingerprint density at radius 2 is 2.19 bits per heavy atom. The lowest BCUT2D eigenvalue weighted by molar-refractivity contribution is -0.139. The molecule has 0 aromatic rings. The lowest BCUT2D eigenvalue weighted by Gasteiger charge is -2.19. The molecule has 0 saturated carbocycles. The summed E-state index contributed by atoms with van der Waals surface area (Å²) in [6, 6.07) is 0. The first-order valence-electron chi connectivity index (χ1n) is 5.96. The van der Waals surface area contributed by atoms with Crippen molar-refractivity contribution in [2.45, 2.75) is 26.7 Å². The molecular formula is C12H21NO3. The second kappa shape index (κ2) is 7.41. The zero-order valence-corrected chi connectivity index (χ0v) is 10.2. The van der Waals surface area contributed by atoms with E-state index in [0.29, 0.717) is 25.4 Å². The maximum atomic E-state index is 11.8. The molecule has 1 aliphatic heterocycles. The van der Waals surface area contributed by atoms with Crippen molar-refractivity contribution >= 4 is 5.97 Å². The van der Waals surface area contributed by atoms with Gasteiger partial charge in [-0.2, -0.15) is 0 Å². The lowest BCUT2D eigenvalue weighted by atomic mass is 10.0. The van der Waals surface area contributed by atoms with Crippen LogP contribution in [0.5, 0.6) is 0 Å². The molecule has 1 aliphatic rings. The van der Waals surface area contributed by atoms with E-state index in [1.54, 1.807) is 0 Å². The molecule has 0 unspecified atom stereocenters. The van der Waals surface area contributed by atoms with Gasteiger partial charge in [-0.3, -0.25) is 0 Å². The predicted octanol–water partition coefficient (Wildman–Crippen LogP) is 1.27. The van der Waals surface area contributed by atoms with Gasteiger partial charge in [-0.1, -0.05) is 0 Å². The summed E-state index contributed by atoms with van der Waals surface area (Å²) in [6.45, 7) is 6.94. The Hall–Kier alpha value is -0.870. The second-order valence-electron chi connectivity index (χ2n) is 3.72. The Morgan fingerprint density at radius 1 is 1.38 bits per heavy atom. The van der Waals surface area contributed by atoms with E-state index in [9.17, 15) is 4.79 Å². The van der Waals surface area contributed by atoms with E-state index in [0.717, 1.165) is 31.5 Å². The van der Waals surface area contributed by atoms with Crippen LogP contribution in [-0.4, -0.2) is 38.9 Å². The Morgan fingerprint density at radius 3 is 2.75 bits per heavy atom. The number of ether oxygens (including phenoxy) is 2. The molecule has 4 heteroatoms. The van der Waals surface area contributed by atoms with Gasteiger partial charge in [-0.15, -0.1) is 0 Å². The zero-order chi connectivity index (χ0) is 11.8. The summed E-state index contributed by atoms with van der Waals surface area (Å²) in [6.07, 6.45) is 2.04. The average Bonchev–Trinajstić information content (AvgIpc) is 2.31.